The predicted molar refractivity (Wildman–Crippen MR) is 113 cm³/mol. The van der Waals surface area contributed by atoms with E-state index >= 15 is 0 Å². The summed E-state index contributed by atoms with van der Waals surface area (Å²) >= 11 is 0. The number of ether oxygens (including phenoxy) is 1. The maximum absolute atomic E-state index is 14.1. The maximum atomic E-state index is 14.1. The standard InChI is InChI=1S/C24H22F2N4O2/c1-13-4-7-21(29-22(13)26)32-20-11-15-10-19(20)30(14(15)2)24(31)18-12-16(25)5-6-17(18)23-27-8-3-9-28-23/h3-9,12,14-15,19-20H,10-11H2,1-2H3. The highest BCUT2D eigenvalue weighted by atomic mass is 19.1. The Morgan fingerprint density at radius 1 is 1.12 bits per heavy atom. The number of fused-ring (bicyclic) bond motifs is 2. The van der Waals surface area contributed by atoms with Crippen molar-refractivity contribution < 1.29 is 18.3 Å². The van der Waals surface area contributed by atoms with Gasteiger partial charge in [-0.15, -0.1) is 0 Å². The van der Waals surface area contributed by atoms with Gasteiger partial charge in [0.2, 0.25) is 11.8 Å². The molecule has 0 radical (unpaired) electrons. The Labute approximate surface area is 184 Å². The molecular formula is C24H22F2N4O2. The number of rotatable bonds is 4. The van der Waals surface area contributed by atoms with Crippen molar-refractivity contribution in [3.05, 3.63) is 71.7 Å². The van der Waals surface area contributed by atoms with Gasteiger partial charge in [-0.25, -0.2) is 14.4 Å². The number of carbonyl (C=O) groups excluding carboxylic acids is 1. The van der Waals surface area contributed by atoms with E-state index in [1.165, 1.54) is 18.2 Å². The number of hydrogen-bond acceptors (Lipinski definition) is 5. The summed E-state index contributed by atoms with van der Waals surface area (Å²) in [5.41, 5.74) is 1.14. The highest BCUT2D eigenvalue weighted by Gasteiger charge is 2.53. The summed E-state index contributed by atoms with van der Waals surface area (Å²) in [7, 11) is 0. The second-order valence-electron chi connectivity index (χ2n) is 8.43. The Balaban J connectivity index is 1.45. The van der Waals surface area contributed by atoms with Crippen LogP contribution in [0.3, 0.4) is 0 Å². The fourth-order valence-corrected chi connectivity index (χ4v) is 4.87. The number of carbonyl (C=O) groups is 1. The third kappa shape index (κ3) is 3.49. The van der Waals surface area contributed by atoms with Gasteiger partial charge in [-0.3, -0.25) is 4.79 Å². The molecule has 1 amide bonds. The van der Waals surface area contributed by atoms with Crippen LogP contribution in [-0.4, -0.2) is 43.9 Å². The van der Waals surface area contributed by atoms with Crippen molar-refractivity contribution in [2.45, 2.75) is 44.9 Å². The van der Waals surface area contributed by atoms with E-state index < -0.39 is 11.8 Å². The molecule has 1 aliphatic carbocycles. The van der Waals surface area contributed by atoms with Crippen LogP contribution in [0.5, 0.6) is 5.88 Å². The highest BCUT2D eigenvalue weighted by molar-refractivity contribution is 6.00. The van der Waals surface area contributed by atoms with E-state index in [-0.39, 0.29) is 41.5 Å². The van der Waals surface area contributed by atoms with Crippen LogP contribution in [0.1, 0.15) is 35.7 Å². The second-order valence-corrected chi connectivity index (χ2v) is 8.43. The van der Waals surface area contributed by atoms with Crippen LogP contribution < -0.4 is 4.74 Å². The number of pyridine rings is 1. The largest absolute Gasteiger partial charge is 0.472 e. The molecule has 2 aliphatic rings. The maximum Gasteiger partial charge on any atom is 0.255 e. The van der Waals surface area contributed by atoms with Crippen molar-refractivity contribution in [3.63, 3.8) is 0 Å². The Kier molecular flexibility index (Phi) is 5.07. The zero-order valence-corrected chi connectivity index (χ0v) is 17.7. The van der Waals surface area contributed by atoms with Crippen molar-refractivity contribution in [1.82, 2.24) is 19.9 Å². The molecule has 0 spiro atoms. The van der Waals surface area contributed by atoms with E-state index in [1.54, 1.807) is 42.4 Å². The zero-order chi connectivity index (χ0) is 22.4. The van der Waals surface area contributed by atoms with Gasteiger partial charge < -0.3 is 9.64 Å². The SMILES string of the molecule is Cc1ccc(OC2CC3CC2N(C(=O)c2cc(F)ccc2-c2ncccn2)C3C)nc1F. The summed E-state index contributed by atoms with van der Waals surface area (Å²) < 4.78 is 34.0. The minimum Gasteiger partial charge on any atom is -0.472 e. The lowest BCUT2D eigenvalue weighted by atomic mass is 9.97. The van der Waals surface area contributed by atoms with Crippen molar-refractivity contribution in [1.29, 1.82) is 0 Å². The van der Waals surface area contributed by atoms with Crippen LogP contribution in [0.4, 0.5) is 8.78 Å². The Morgan fingerprint density at radius 3 is 2.62 bits per heavy atom. The lowest BCUT2D eigenvalue weighted by molar-refractivity contribution is 0.0312. The second kappa shape index (κ2) is 7.93. The highest BCUT2D eigenvalue weighted by Crippen LogP contribution is 2.45. The number of aryl methyl sites for hydroxylation is 1. The first-order valence-electron chi connectivity index (χ1n) is 10.6. The van der Waals surface area contributed by atoms with Gasteiger partial charge in [0.15, 0.2) is 5.82 Å². The molecule has 4 atom stereocenters. The van der Waals surface area contributed by atoms with Gasteiger partial charge >= 0.3 is 0 Å². The third-order valence-corrected chi connectivity index (χ3v) is 6.52. The van der Waals surface area contributed by atoms with Gasteiger partial charge in [-0.2, -0.15) is 9.37 Å². The van der Waals surface area contributed by atoms with Gasteiger partial charge in [0, 0.05) is 35.6 Å². The molecule has 2 fully saturated rings. The average Bonchev–Trinajstić information content (AvgIpc) is 3.34. The summed E-state index contributed by atoms with van der Waals surface area (Å²) in [5.74, 6) is -0.552. The van der Waals surface area contributed by atoms with E-state index in [0.717, 1.165) is 12.8 Å². The van der Waals surface area contributed by atoms with Gasteiger partial charge in [-0.1, -0.05) is 0 Å². The third-order valence-electron chi connectivity index (χ3n) is 6.52. The molecule has 6 nitrogen and oxygen atoms in total. The number of aromatic nitrogens is 3. The summed E-state index contributed by atoms with van der Waals surface area (Å²) in [4.78, 5) is 27.8. The summed E-state index contributed by atoms with van der Waals surface area (Å²) in [6, 6.07) is 8.77. The minimum absolute atomic E-state index is 0.0251. The summed E-state index contributed by atoms with van der Waals surface area (Å²) in [6.07, 6.45) is 4.39. The topological polar surface area (TPSA) is 68.2 Å². The number of likely N-dealkylation sites (tertiary alicyclic amines) is 1. The Morgan fingerprint density at radius 2 is 1.91 bits per heavy atom. The first-order chi connectivity index (χ1) is 15.4. The van der Waals surface area contributed by atoms with Crippen LogP contribution >= 0.6 is 0 Å². The molecule has 1 saturated carbocycles. The average molecular weight is 436 g/mol. The van der Waals surface area contributed by atoms with E-state index in [9.17, 15) is 13.6 Å². The molecule has 3 aromatic rings. The number of hydrogen-bond donors (Lipinski definition) is 0. The van der Waals surface area contributed by atoms with Crippen LogP contribution in [0.2, 0.25) is 0 Å². The number of halogens is 2. The number of piperidine rings is 1. The fourth-order valence-electron chi connectivity index (χ4n) is 4.87. The molecule has 32 heavy (non-hydrogen) atoms. The first-order valence-corrected chi connectivity index (χ1v) is 10.6. The molecule has 0 N–H and O–H groups in total. The number of amides is 1. The minimum atomic E-state index is -0.570. The van der Waals surface area contributed by atoms with E-state index in [4.69, 9.17) is 4.74 Å². The van der Waals surface area contributed by atoms with Crippen LogP contribution in [0, 0.1) is 24.6 Å². The summed E-state index contributed by atoms with van der Waals surface area (Å²) in [5, 5.41) is 0. The van der Waals surface area contributed by atoms with Gasteiger partial charge in [0.05, 0.1) is 11.6 Å². The Hall–Kier alpha value is -3.42. The Bertz CT molecular complexity index is 1170. The van der Waals surface area contributed by atoms with Crippen LogP contribution in [0.15, 0.2) is 48.8 Å². The monoisotopic (exact) mass is 436 g/mol. The summed E-state index contributed by atoms with van der Waals surface area (Å²) in [6.45, 7) is 3.64. The van der Waals surface area contributed by atoms with Gasteiger partial charge in [-0.05, 0) is 62.9 Å². The molecule has 8 heteroatoms. The fraction of sp³-hybridized carbons (Fsp3) is 0.333. The first kappa shape index (κ1) is 20.5. The van der Waals surface area contributed by atoms with Crippen molar-refractivity contribution in [2.24, 2.45) is 5.92 Å². The van der Waals surface area contributed by atoms with Crippen molar-refractivity contribution in [3.8, 4) is 17.3 Å². The molecule has 1 saturated heterocycles. The quantitative estimate of drug-likeness (QED) is 0.574. The van der Waals surface area contributed by atoms with E-state index in [0.29, 0.717) is 17.0 Å². The molecule has 2 bridgehead atoms. The number of benzene rings is 1. The van der Waals surface area contributed by atoms with Gasteiger partial charge in [0.25, 0.3) is 5.91 Å². The molecule has 1 aliphatic heterocycles. The van der Waals surface area contributed by atoms with Crippen LogP contribution in [-0.2, 0) is 0 Å². The van der Waals surface area contributed by atoms with Crippen molar-refractivity contribution in [2.75, 3.05) is 0 Å². The number of nitrogens with zero attached hydrogens (tertiary/aromatic N) is 4. The molecule has 4 unspecified atom stereocenters. The zero-order valence-electron chi connectivity index (χ0n) is 17.7. The van der Waals surface area contributed by atoms with Gasteiger partial charge in [0.1, 0.15) is 11.9 Å². The molecule has 2 aromatic heterocycles. The van der Waals surface area contributed by atoms with Crippen LogP contribution in [0.25, 0.3) is 11.4 Å². The molecule has 5 rings (SSSR count). The molecule has 164 valence electrons. The van der Waals surface area contributed by atoms with Crippen molar-refractivity contribution >= 4 is 5.91 Å². The predicted octanol–water partition coefficient (Wildman–Crippen LogP) is 4.20. The lowest BCUT2D eigenvalue weighted by Crippen LogP contribution is -2.51. The van der Waals surface area contributed by atoms with E-state index in [2.05, 4.69) is 15.0 Å². The normalized spacial score (nSPS) is 24.1. The molecule has 1 aromatic carbocycles. The lowest BCUT2D eigenvalue weighted by Gasteiger charge is -2.38. The smallest absolute Gasteiger partial charge is 0.255 e. The molecule has 3 heterocycles. The van der Waals surface area contributed by atoms with E-state index in [1.807, 2.05) is 6.92 Å². The molecular weight excluding hydrogens is 414 g/mol.